The van der Waals surface area contributed by atoms with Crippen LogP contribution < -0.4 is 71.2 Å². The SMILES string of the molecule is CC(=O)NC(Cc1ccccc1)C(=O)NC(Cc1ccc(Cl)cc1)C(=O)NC(Cc1c[nH]c2ccccc12)C(=O)NC(CO)C(=O)NC(Cc1ccc(O)cc1)C(=O)NC(CCCN=C(N)N)C(=O)NC(CC(C)C)C(=O)NC(CCCN=C(N)N)C(=O)N1CCCC1C(=O)CCC(N)=O. The number of rotatable bonds is 39. The van der Waals surface area contributed by atoms with Crippen molar-refractivity contribution in [3.05, 3.63) is 137 Å². The van der Waals surface area contributed by atoms with Gasteiger partial charge in [0.1, 0.15) is 54.1 Å². The van der Waals surface area contributed by atoms with Crippen molar-refractivity contribution < 1.29 is 63.0 Å². The number of Topliss-reactive ketones (excluding diaryl/α,β-unsaturated/α-hetero) is 1. The second-order valence-corrected chi connectivity index (χ2v) is 25.4. The summed E-state index contributed by atoms with van der Waals surface area (Å²) in [6.07, 6.45) is 1.49. The molecule has 1 aliphatic heterocycles. The number of hydrogen-bond acceptors (Lipinski definition) is 15. The van der Waals surface area contributed by atoms with Gasteiger partial charge in [-0.3, -0.25) is 62.7 Å². The van der Waals surface area contributed by atoms with Crippen molar-refractivity contribution in [2.45, 2.75) is 159 Å². The summed E-state index contributed by atoms with van der Waals surface area (Å²) in [4.78, 5) is 167. The molecule has 0 bridgehead atoms. The van der Waals surface area contributed by atoms with Crippen LogP contribution in [-0.4, -0.2) is 177 Å². The number of nitrogens with two attached hydrogens (primary N) is 5. The largest absolute Gasteiger partial charge is 0.508 e. The van der Waals surface area contributed by atoms with E-state index >= 15 is 0 Å². The van der Waals surface area contributed by atoms with Gasteiger partial charge >= 0.3 is 0 Å². The summed E-state index contributed by atoms with van der Waals surface area (Å²) < 4.78 is 0. The van der Waals surface area contributed by atoms with Gasteiger partial charge in [-0.15, -0.1) is 0 Å². The van der Waals surface area contributed by atoms with Crippen molar-refractivity contribution in [1.29, 1.82) is 0 Å². The molecule has 9 unspecified atom stereocenters. The van der Waals surface area contributed by atoms with Gasteiger partial charge in [-0.1, -0.05) is 98.2 Å². The number of hydrogen-bond donors (Lipinski definition) is 16. The van der Waals surface area contributed by atoms with Crippen molar-refractivity contribution in [3.63, 3.8) is 0 Å². The highest BCUT2D eigenvalue weighted by Crippen LogP contribution is 2.24. The second kappa shape index (κ2) is 39.1. The fourth-order valence-corrected chi connectivity index (χ4v) is 11.6. The van der Waals surface area contributed by atoms with Crippen LogP contribution in [0.3, 0.4) is 0 Å². The van der Waals surface area contributed by atoms with E-state index in [0.717, 1.165) is 0 Å². The number of guanidine groups is 2. The molecule has 9 atom stereocenters. The number of ketones is 1. The molecule has 1 saturated heterocycles. The van der Waals surface area contributed by atoms with Gasteiger partial charge in [0.2, 0.25) is 59.1 Å². The summed E-state index contributed by atoms with van der Waals surface area (Å²) in [5.41, 5.74) is 30.6. The molecule has 2 heterocycles. The second-order valence-electron chi connectivity index (χ2n) is 25.0. The lowest BCUT2D eigenvalue weighted by atomic mass is 10.00. The molecule has 0 saturated carbocycles. The van der Waals surface area contributed by atoms with E-state index in [2.05, 4.69) is 57.5 Å². The van der Waals surface area contributed by atoms with E-state index in [0.29, 0.717) is 51.0 Å². The molecule has 1 aliphatic rings. The molecule has 1 aromatic heterocycles. The standard InChI is InChI=1S/C69H92ClN17O13/c1-39(2)32-51(61(94)81-50(17-10-30-77-69(74)75)67(100)87-31-11-18-57(87)58(91)27-28-59(71)92)82-60(93)49(16-9-29-76-68(72)73)80-63(96)53(35-43-21-25-46(90)26-22-43)84-66(99)56(38-88)86-65(98)55(36-44-37-78-48-15-8-7-14-47(44)48)85-64(97)54(34-42-19-23-45(70)24-20-42)83-62(95)52(79-40(3)89)33-41-12-5-4-6-13-41/h4-8,12-15,19-26,37,39,49-57,78,88,90H,9-11,16-18,27-36,38H2,1-3H3,(H2,71,92)(H,79,89)(H,80,96)(H,81,94)(H,82,93)(H,83,95)(H,84,99)(H,85,97)(H,86,98)(H4,72,73,76)(H4,74,75,77). The van der Waals surface area contributed by atoms with Crippen molar-refractivity contribution >= 4 is 99.3 Å². The first-order chi connectivity index (χ1) is 47.7. The Balaban J connectivity index is 1.28. The molecule has 31 heteroatoms. The first kappa shape index (κ1) is 78.4. The number of primary amides is 1. The summed E-state index contributed by atoms with van der Waals surface area (Å²) in [5, 5.41) is 43.8. The minimum Gasteiger partial charge on any atom is -0.508 e. The lowest BCUT2D eigenvalue weighted by molar-refractivity contribution is -0.141. The number of halogens is 1. The van der Waals surface area contributed by atoms with Gasteiger partial charge in [-0.2, -0.15) is 0 Å². The van der Waals surface area contributed by atoms with Crippen LogP contribution in [0.5, 0.6) is 5.75 Å². The Labute approximate surface area is 583 Å². The van der Waals surface area contributed by atoms with E-state index in [1.54, 1.807) is 98.9 Å². The third-order valence-corrected chi connectivity index (χ3v) is 16.8. The Hall–Kier alpha value is -10.6. The zero-order chi connectivity index (χ0) is 73.0. The van der Waals surface area contributed by atoms with Gasteiger partial charge in [-0.25, -0.2) is 0 Å². The molecule has 6 rings (SSSR count). The minimum absolute atomic E-state index is 0.00428. The Morgan fingerprint density at radius 2 is 1.00 bits per heavy atom. The number of H-pyrrole nitrogens is 1. The monoisotopic (exact) mass is 1400 g/mol. The molecule has 4 aromatic carbocycles. The molecule has 21 N–H and O–H groups in total. The van der Waals surface area contributed by atoms with E-state index in [-0.39, 0.29) is 120 Å². The molecule has 0 aliphatic carbocycles. The molecular formula is C69H92ClN17O13. The lowest BCUT2D eigenvalue weighted by Crippen LogP contribution is -2.61. The summed E-state index contributed by atoms with van der Waals surface area (Å²) in [6.45, 7) is 3.98. The van der Waals surface area contributed by atoms with Gasteiger partial charge in [0.25, 0.3) is 0 Å². The van der Waals surface area contributed by atoms with Crippen molar-refractivity contribution in [2.24, 2.45) is 44.6 Å². The highest BCUT2D eigenvalue weighted by Gasteiger charge is 2.40. The normalized spacial score (nSPS) is 15.0. The number of aliphatic hydroxyl groups excluding tert-OH is 1. The quantitative estimate of drug-likeness (QED) is 0.0136. The molecule has 538 valence electrons. The zero-order valence-electron chi connectivity index (χ0n) is 56.2. The van der Waals surface area contributed by atoms with Crippen molar-refractivity contribution in [3.8, 4) is 5.75 Å². The first-order valence-corrected chi connectivity index (χ1v) is 33.4. The number of aromatic amines is 1. The van der Waals surface area contributed by atoms with E-state index in [4.69, 9.17) is 40.3 Å². The number of nitrogens with zero attached hydrogens (tertiary/aromatic N) is 3. The Morgan fingerprint density at radius 1 is 0.550 bits per heavy atom. The number of phenolic OH excluding ortho intramolecular Hbond substituents is 1. The number of nitrogens with one attached hydrogen (secondary N) is 9. The number of fused-ring (bicyclic) bond motifs is 1. The highest BCUT2D eigenvalue weighted by atomic mass is 35.5. The number of likely N-dealkylation sites (tertiary alicyclic amines) is 1. The van der Waals surface area contributed by atoms with Crippen LogP contribution in [0.15, 0.2) is 119 Å². The van der Waals surface area contributed by atoms with E-state index in [1.165, 1.54) is 36.1 Å². The Bertz CT molecular complexity index is 3700. The number of aromatic hydroxyl groups is 1. The minimum atomic E-state index is -1.83. The number of aliphatic imine (C=N–C) groups is 2. The number of phenols is 1. The number of aliphatic hydroxyl groups is 1. The zero-order valence-corrected chi connectivity index (χ0v) is 56.9. The van der Waals surface area contributed by atoms with E-state index < -0.39 is 120 Å². The molecule has 30 nitrogen and oxygen atoms in total. The Morgan fingerprint density at radius 3 is 1.54 bits per heavy atom. The number of amides is 10. The van der Waals surface area contributed by atoms with Crippen LogP contribution in [0.2, 0.25) is 5.02 Å². The molecule has 10 amide bonds. The van der Waals surface area contributed by atoms with Gasteiger partial charge < -0.3 is 91.3 Å². The van der Waals surface area contributed by atoms with Gasteiger partial charge in [0.05, 0.1) is 12.6 Å². The number of carbonyl (C=O) groups excluding carboxylic acids is 11. The van der Waals surface area contributed by atoms with E-state index in [9.17, 15) is 63.0 Å². The van der Waals surface area contributed by atoms with Crippen molar-refractivity contribution in [1.82, 2.24) is 52.4 Å². The van der Waals surface area contributed by atoms with Gasteiger partial charge in [0, 0.05) is 87.2 Å². The van der Waals surface area contributed by atoms with Crippen LogP contribution in [0.4, 0.5) is 0 Å². The number of aromatic nitrogens is 1. The maximum atomic E-state index is 14.9. The molecule has 0 radical (unpaired) electrons. The third kappa shape index (κ3) is 25.3. The fraction of sp³-hybridized carbons (Fsp3) is 0.435. The van der Waals surface area contributed by atoms with Crippen LogP contribution in [0.1, 0.15) is 101 Å². The molecule has 100 heavy (non-hydrogen) atoms. The van der Waals surface area contributed by atoms with Crippen LogP contribution in [-0.2, 0) is 78.4 Å². The molecule has 0 spiro atoms. The maximum Gasteiger partial charge on any atom is 0.245 e. The predicted molar refractivity (Wildman–Crippen MR) is 375 cm³/mol. The average molecular weight is 1400 g/mol. The number of carbonyl (C=O) groups is 11. The maximum absolute atomic E-state index is 14.9. The summed E-state index contributed by atoms with van der Waals surface area (Å²) >= 11 is 6.23. The summed E-state index contributed by atoms with van der Waals surface area (Å²) in [7, 11) is 0. The van der Waals surface area contributed by atoms with Gasteiger partial charge in [0.15, 0.2) is 17.7 Å². The smallest absolute Gasteiger partial charge is 0.245 e. The number of para-hydroxylation sites is 1. The van der Waals surface area contributed by atoms with Crippen molar-refractivity contribution in [2.75, 3.05) is 26.2 Å². The number of benzene rings is 4. The van der Waals surface area contributed by atoms with E-state index in [1.807, 2.05) is 0 Å². The molecule has 1 fully saturated rings. The molecular weight excluding hydrogens is 1310 g/mol. The summed E-state index contributed by atoms with van der Waals surface area (Å²) in [6, 6.07) is 15.6. The van der Waals surface area contributed by atoms with Crippen LogP contribution >= 0.6 is 11.6 Å². The average Bonchev–Trinajstić information content (AvgIpc) is 1.64. The summed E-state index contributed by atoms with van der Waals surface area (Å²) in [5.74, 6) is -9.37. The fourth-order valence-electron chi connectivity index (χ4n) is 11.5. The van der Waals surface area contributed by atoms with Crippen LogP contribution in [0.25, 0.3) is 10.9 Å². The predicted octanol–water partition coefficient (Wildman–Crippen LogP) is -0.333. The lowest BCUT2D eigenvalue weighted by Gasteiger charge is -2.30. The van der Waals surface area contributed by atoms with Gasteiger partial charge in [-0.05, 0) is 103 Å². The first-order valence-electron chi connectivity index (χ1n) is 33.0. The third-order valence-electron chi connectivity index (χ3n) is 16.5. The topological polar surface area (TPSA) is 498 Å². The molecule has 5 aromatic rings. The highest BCUT2D eigenvalue weighted by molar-refractivity contribution is 6.30. The van der Waals surface area contributed by atoms with Crippen LogP contribution in [0, 0.1) is 5.92 Å². The Kier molecular flexibility index (Phi) is 30.6.